The van der Waals surface area contributed by atoms with Crippen molar-refractivity contribution in [3.8, 4) is 0 Å². The molecule has 0 heterocycles. The zero-order valence-electron chi connectivity index (χ0n) is 15.1. The van der Waals surface area contributed by atoms with Crippen LogP contribution in [0.15, 0.2) is 0 Å². The van der Waals surface area contributed by atoms with Crippen LogP contribution in [0.5, 0.6) is 0 Å². The van der Waals surface area contributed by atoms with Crippen molar-refractivity contribution >= 4 is 5.97 Å². The molecule has 0 saturated heterocycles. The van der Waals surface area contributed by atoms with Gasteiger partial charge >= 0.3 is 5.97 Å². The average Bonchev–Trinajstić information content (AvgIpc) is 2.47. The standard InChI is InChI=1S/C19H36O2/c1-7-15(3)14-18(4,5)17(20)21-19(6,8-2)16-12-10-9-11-13-16/h15-16H,7-14H2,1-6H3. The molecule has 124 valence electrons. The van der Waals surface area contributed by atoms with E-state index in [4.69, 9.17) is 4.74 Å². The normalized spacial score (nSPS) is 21.6. The van der Waals surface area contributed by atoms with Crippen LogP contribution < -0.4 is 0 Å². The molecule has 1 saturated carbocycles. The van der Waals surface area contributed by atoms with E-state index < -0.39 is 0 Å². The summed E-state index contributed by atoms with van der Waals surface area (Å²) < 4.78 is 6.10. The monoisotopic (exact) mass is 296 g/mol. The fraction of sp³-hybridized carbons (Fsp3) is 0.947. The minimum atomic E-state index is -0.374. The van der Waals surface area contributed by atoms with E-state index in [1.807, 2.05) is 13.8 Å². The number of carbonyl (C=O) groups is 1. The Morgan fingerprint density at radius 1 is 1.14 bits per heavy atom. The lowest BCUT2D eigenvalue weighted by atomic mass is 9.76. The lowest BCUT2D eigenvalue weighted by Crippen LogP contribution is -2.44. The summed E-state index contributed by atoms with van der Waals surface area (Å²) in [6.07, 6.45) is 9.28. The molecule has 0 aromatic carbocycles. The van der Waals surface area contributed by atoms with Crippen molar-refractivity contribution in [3.63, 3.8) is 0 Å². The lowest BCUT2D eigenvalue weighted by Gasteiger charge is -2.41. The Balaban J connectivity index is 2.72. The van der Waals surface area contributed by atoms with Crippen molar-refractivity contribution in [1.82, 2.24) is 0 Å². The molecule has 0 amide bonds. The third kappa shape index (κ3) is 5.00. The summed E-state index contributed by atoms with van der Waals surface area (Å²) in [5.41, 5.74) is -0.648. The van der Waals surface area contributed by atoms with Gasteiger partial charge in [-0.3, -0.25) is 4.79 Å². The van der Waals surface area contributed by atoms with E-state index in [-0.39, 0.29) is 17.0 Å². The van der Waals surface area contributed by atoms with Gasteiger partial charge in [0.25, 0.3) is 0 Å². The van der Waals surface area contributed by atoms with Gasteiger partial charge in [-0.15, -0.1) is 0 Å². The molecule has 0 aromatic heterocycles. The number of hydrogen-bond donors (Lipinski definition) is 0. The first-order valence-electron chi connectivity index (χ1n) is 8.98. The minimum Gasteiger partial charge on any atom is -0.459 e. The highest BCUT2D eigenvalue weighted by Gasteiger charge is 2.41. The molecule has 1 rings (SSSR count). The average molecular weight is 296 g/mol. The van der Waals surface area contributed by atoms with Crippen LogP contribution in [-0.4, -0.2) is 11.6 Å². The van der Waals surface area contributed by atoms with Crippen molar-refractivity contribution in [2.24, 2.45) is 17.3 Å². The number of hydrogen-bond acceptors (Lipinski definition) is 2. The third-order valence-electron chi connectivity index (χ3n) is 5.60. The summed E-state index contributed by atoms with van der Waals surface area (Å²) in [5, 5.41) is 0. The quantitative estimate of drug-likeness (QED) is 0.560. The summed E-state index contributed by atoms with van der Waals surface area (Å²) >= 11 is 0. The molecule has 0 aromatic rings. The summed E-state index contributed by atoms with van der Waals surface area (Å²) in [6, 6.07) is 0. The molecule has 2 atom stereocenters. The topological polar surface area (TPSA) is 26.3 Å². The second kappa shape index (κ2) is 7.65. The van der Waals surface area contributed by atoms with Crippen molar-refractivity contribution in [1.29, 1.82) is 0 Å². The van der Waals surface area contributed by atoms with Crippen molar-refractivity contribution < 1.29 is 9.53 Å². The molecular weight excluding hydrogens is 260 g/mol. The molecule has 0 aliphatic heterocycles. The van der Waals surface area contributed by atoms with Crippen LogP contribution in [0.4, 0.5) is 0 Å². The Morgan fingerprint density at radius 2 is 1.71 bits per heavy atom. The predicted octanol–water partition coefficient (Wildman–Crippen LogP) is 5.74. The maximum absolute atomic E-state index is 12.7. The van der Waals surface area contributed by atoms with Crippen molar-refractivity contribution in [2.75, 3.05) is 0 Å². The van der Waals surface area contributed by atoms with Crippen molar-refractivity contribution in [2.45, 2.75) is 98.5 Å². The van der Waals surface area contributed by atoms with E-state index in [0.717, 1.165) is 19.3 Å². The minimum absolute atomic E-state index is 0.00211. The highest BCUT2D eigenvalue weighted by molar-refractivity contribution is 5.76. The summed E-state index contributed by atoms with van der Waals surface area (Å²) in [4.78, 5) is 12.7. The number of rotatable bonds is 7. The number of ether oxygens (including phenoxy) is 1. The van der Waals surface area contributed by atoms with Crippen LogP contribution in [0.3, 0.4) is 0 Å². The molecule has 0 bridgehead atoms. The van der Waals surface area contributed by atoms with Gasteiger partial charge in [0.1, 0.15) is 5.60 Å². The smallest absolute Gasteiger partial charge is 0.312 e. The van der Waals surface area contributed by atoms with Gasteiger partial charge < -0.3 is 4.74 Å². The highest BCUT2D eigenvalue weighted by Crippen LogP contribution is 2.39. The number of carbonyl (C=O) groups excluding carboxylic acids is 1. The van der Waals surface area contributed by atoms with Gasteiger partial charge in [-0.25, -0.2) is 0 Å². The molecule has 2 unspecified atom stereocenters. The fourth-order valence-electron chi connectivity index (χ4n) is 3.61. The van der Waals surface area contributed by atoms with Gasteiger partial charge in [-0.2, -0.15) is 0 Å². The first kappa shape index (κ1) is 18.5. The van der Waals surface area contributed by atoms with Crippen LogP contribution in [0, 0.1) is 17.3 Å². The Labute approximate surface area is 132 Å². The van der Waals surface area contributed by atoms with E-state index in [2.05, 4.69) is 27.7 Å². The van der Waals surface area contributed by atoms with Crippen LogP contribution in [-0.2, 0) is 9.53 Å². The van der Waals surface area contributed by atoms with Crippen LogP contribution in [0.1, 0.15) is 92.9 Å². The lowest BCUT2D eigenvalue weighted by molar-refractivity contribution is -0.177. The molecule has 0 N–H and O–H groups in total. The van der Waals surface area contributed by atoms with E-state index in [9.17, 15) is 4.79 Å². The molecule has 1 aliphatic carbocycles. The molecule has 0 spiro atoms. The molecule has 1 fully saturated rings. The Hall–Kier alpha value is -0.530. The van der Waals surface area contributed by atoms with E-state index in [0.29, 0.717) is 11.8 Å². The second-order valence-corrected chi connectivity index (χ2v) is 7.99. The van der Waals surface area contributed by atoms with E-state index in [1.54, 1.807) is 0 Å². The third-order valence-corrected chi connectivity index (χ3v) is 5.60. The van der Waals surface area contributed by atoms with Gasteiger partial charge in [0.2, 0.25) is 0 Å². The fourth-order valence-corrected chi connectivity index (χ4v) is 3.61. The first-order chi connectivity index (χ1) is 9.75. The summed E-state index contributed by atoms with van der Waals surface area (Å²) in [7, 11) is 0. The van der Waals surface area contributed by atoms with Gasteiger partial charge in [-0.1, -0.05) is 46.5 Å². The van der Waals surface area contributed by atoms with Gasteiger partial charge in [0.15, 0.2) is 0 Å². The van der Waals surface area contributed by atoms with Crippen LogP contribution in [0.25, 0.3) is 0 Å². The number of esters is 1. The Morgan fingerprint density at radius 3 is 2.19 bits per heavy atom. The SMILES string of the molecule is CCC(C)CC(C)(C)C(=O)OC(C)(CC)C1CCCCC1. The zero-order chi connectivity index (χ0) is 16.1. The highest BCUT2D eigenvalue weighted by atomic mass is 16.6. The van der Waals surface area contributed by atoms with Gasteiger partial charge in [0.05, 0.1) is 5.41 Å². The summed E-state index contributed by atoms with van der Waals surface area (Å²) in [6.45, 7) is 12.8. The molecule has 0 radical (unpaired) electrons. The van der Waals surface area contributed by atoms with Gasteiger partial charge in [0, 0.05) is 0 Å². The molecular formula is C19H36O2. The van der Waals surface area contributed by atoms with Crippen LogP contribution >= 0.6 is 0 Å². The Bertz CT molecular complexity index is 328. The van der Waals surface area contributed by atoms with Crippen LogP contribution in [0.2, 0.25) is 0 Å². The van der Waals surface area contributed by atoms with Crippen molar-refractivity contribution in [3.05, 3.63) is 0 Å². The Kier molecular flexibility index (Phi) is 6.74. The molecule has 2 heteroatoms. The van der Waals surface area contributed by atoms with E-state index in [1.165, 1.54) is 32.1 Å². The maximum Gasteiger partial charge on any atom is 0.312 e. The molecule has 1 aliphatic rings. The maximum atomic E-state index is 12.7. The predicted molar refractivity (Wildman–Crippen MR) is 89.2 cm³/mol. The van der Waals surface area contributed by atoms with E-state index >= 15 is 0 Å². The second-order valence-electron chi connectivity index (χ2n) is 7.99. The largest absolute Gasteiger partial charge is 0.459 e. The zero-order valence-corrected chi connectivity index (χ0v) is 15.1. The molecule has 2 nitrogen and oxygen atoms in total. The van der Waals surface area contributed by atoms with Gasteiger partial charge in [-0.05, 0) is 58.3 Å². The molecule has 21 heavy (non-hydrogen) atoms. The summed E-state index contributed by atoms with van der Waals surface area (Å²) in [5.74, 6) is 1.10. The first-order valence-corrected chi connectivity index (χ1v) is 8.98.